The molecule has 1 unspecified atom stereocenters. The van der Waals surface area contributed by atoms with E-state index in [1.807, 2.05) is 13.8 Å². The van der Waals surface area contributed by atoms with Crippen molar-refractivity contribution >= 4 is 11.6 Å². The van der Waals surface area contributed by atoms with Crippen molar-refractivity contribution < 1.29 is 9.59 Å². The van der Waals surface area contributed by atoms with E-state index in [2.05, 4.69) is 0 Å². The summed E-state index contributed by atoms with van der Waals surface area (Å²) in [5, 5.41) is 0. The number of carbonyl (C=O) groups excluding carboxylic acids is 2. The molecule has 2 heteroatoms. The molecule has 0 radical (unpaired) electrons. The van der Waals surface area contributed by atoms with Gasteiger partial charge in [-0.25, -0.2) is 0 Å². The van der Waals surface area contributed by atoms with Gasteiger partial charge in [0.25, 0.3) is 0 Å². The van der Waals surface area contributed by atoms with E-state index in [1.165, 1.54) is 13.0 Å². The molecule has 1 rings (SSSR count). The summed E-state index contributed by atoms with van der Waals surface area (Å²) in [5.41, 5.74) is 1.91. The Morgan fingerprint density at radius 2 is 1.92 bits per heavy atom. The molecule has 0 N–H and O–H groups in total. The van der Waals surface area contributed by atoms with Gasteiger partial charge in [-0.05, 0) is 26.8 Å². The van der Waals surface area contributed by atoms with E-state index < -0.39 is 5.92 Å². The van der Waals surface area contributed by atoms with Gasteiger partial charge in [-0.3, -0.25) is 9.59 Å². The summed E-state index contributed by atoms with van der Waals surface area (Å²) < 4.78 is 0. The SMILES string of the molecule is CC(=O)C1C(=O)C=CC(C)=C1C. The van der Waals surface area contributed by atoms with Gasteiger partial charge in [0.2, 0.25) is 0 Å². The molecule has 2 nitrogen and oxygen atoms in total. The summed E-state index contributed by atoms with van der Waals surface area (Å²) in [6.45, 7) is 5.20. The van der Waals surface area contributed by atoms with Crippen LogP contribution in [0.3, 0.4) is 0 Å². The molecule has 0 aromatic carbocycles. The fourth-order valence-electron chi connectivity index (χ4n) is 1.38. The van der Waals surface area contributed by atoms with Crippen LogP contribution in [0.1, 0.15) is 20.8 Å². The summed E-state index contributed by atoms with van der Waals surface area (Å²) in [4.78, 5) is 22.3. The third-order valence-corrected chi connectivity index (χ3v) is 2.24. The van der Waals surface area contributed by atoms with E-state index in [1.54, 1.807) is 6.08 Å². The van der Waals surface area contributed by atoms with Crippen LogP contribution in [0.4, 0.5) is 0 Å². The molecule has 0 heterocycles. The van der Waals surface area contributed by atoms with Gasteiger partial charge in [0, 0.05) is 0 Å². The fraction of sp³-hybridized carbons (Fsp3) is 0.400. The lowest BCUT2D eigenvalue weighted by molar-refractivity contribution is -0.127. The molecule has 1 atom stereocenters. The quantitative estimate of drug-likeness (QED) is 0.552. The van der Waals surface area contributed by atoms with Gasteiger partial charge in [0.15, 0.2) is 5.78 Å². The number of Topliss-reactive ketones (excluding diaryl/α,β-unsaturated/α-hetero) is 1. The van der Waals surface area contributed by atoms with Crippen LogP contribution in [0.15, 0.2) is 23.3 Å². The Bertz CT molecular complexity index is 295. The zero-order valence-corrected chi connectivity index (χ0v) is 7.55. The van der Waals surface area contributed by atoms with Gasteiger partial charge in [0.1, 0.15) is 11.7 Å². The van der Waals surface area contributed by atoms with Crippen molar-refractivity contribution in [3.05, 3.63) is 23.3 Å². The van der Waals surface area contributed by atoms with E-state index in [0.717, 1.165) is 11.1 Å². The van der Waals surface area contributed by atoms with Crippen LogP contribution in [0.5, 0.6) is 0 Å². The van der Waals surface area contributed by atoms with E-state index in [4.69, 9.17) is 0 Å². The molecule has 1 aliphatic carbocycles. The summed E-state index contributed by atoms with van der Waals surface area (Å²) >= 11 is 0. The largest absolute Gasteiger partial charge is 0.299 e. The van der Waals surface area contributed by atoms with E-state index >= 15 is 0 Å². The second kappa shape index (κ2) is 3.05. The monoisotopic (exact) mass is 164 g/mol. The van der Waals surface area contributed by atoms with Gasteiger partial charge in [-0.1, -0.05) is 17.2 Å². The van der Waals surface area contributed by atoms with Crippen molar-refractivity contribution in [1.29, 1.82) is 0 Å². The van der Waals surface area contributed by atoms with Gasteiger partial charge < -0.3 is 0 Å². The summed E-state index contributed by atoms with van der Waals surface area (Å²) in [7, 11) is 0. The maximum Gasteiger partial charge on any atom is 0.170 e. The van der Waals surface area contributed by atoms with Crippen LogP contribution in [0.25, 0.3) is 0 Å². The van der Waals surface area contributed by atoms with Crippen LogP contribution < -0.4 is 0 Å². The maximum absolute atomic E-state index is 11.2. The van der Waals surface area contributed by atoms with Crippen molar-refractivity contribution in [1.82, 2.24) is 0 Å². The standard InChI is InChI=1S/C10H12O2/c1-6-4-5-9(12)10(7(6)2)8(3)11/h4-5,10H,1-3H3. The van der Waals surface area contributed by atoms with Crippen LogP contribution in [0.2, 0.25) is 0 Å². The second-order valence-electron chi connectivity index (χ2n) is 3.15. The predicted molar refractivity (Wildman–Crippen MR) is 46.7 cm³/mol. The minimum atomic E-state index is -0.519. The van der Waals surface area contributed by atoms with E-state index in [9.17, 15) is 9.59 Å². The van der Waals surface area contributed by atoms with E-state index in [-0.39, 0.29) is 11.6 Å². The molecule has 0 bridgehead atoms. The first-order valence-electron chi connectivity index (χ1n) is 3.93. The average molecular weight is 164 g/mol. The van der Waals surface area contributed by atoms with Gasteiger partial charge in [0.05, 0.1) is 0 Å². The normalized spacial score (nSPS) is 23.2. The zero-order valence-electron chi connectivity index (χ0n) is 7.55. The lowest BCUT2D eigenvalue weighted by Gasteiger charge is -2.16. The number of allylic oxidation sites excluding steroid dienone is 4. The Morgan fingerprint density at radius 3 is 2.33 bits per heavy atom. The number of rotatable bonds is 1. The highest BCUT2D eigenvalue weighted by molar-refractivity contribution is 6.10. The second-order valence-corrected chi connectivity index (χ2v) is 3.15. The molecule has 0 amide bonds. The molecule has 0 aromatic rings. The third-order valence-electron chi connectivity index (χ3n) is 2.24. The molecule has 0 saturated carbocycles. The van der Waals surface area contributed by atoms with Gasteiger partial charge >= 0.3 is 0 Å². The smallest absolute Gasteiger partial charge is 0.170 e. The summed E-state index contributed by atoms with van der Waals surface area (Å²) in [5.74, 6) is -0.679. The fourth-order valence-corrected chi connectivity index (χ4v) is 1.38. The lowest BCUT2D eigenvalue weighted by atomic mass is 9.85. The van der Waals surface area contributed by atoms with Crippen molar-refractivity contribution in [3.63, 3.8) is 0 Å². The van der Waals surface area contributed by atoms with E-state index in [0.29, 0.717) is 0 Å². The van der Waals surface area contributed by atoms with Crippen molar-refractivity contribution in [3.8, 4) is 0 Å². The lowest BCUT2D eigenvalue weighted by Crippen LogP contribution is -2.24. The molecule has 0 spiro atoms. The minimum absolute atomic E-state index is 0.0683. The average Bonchev–Trinajstić information content (AvgIpc) is 1.97. The molecule has 0 aromatic heterocycles. The Balaban J connectivity index is 3.09. The first kappa shape index (κ1) is 8.91. The van der Waals surface area contributed by atoms with Crippen molar-refractivity contribution in [2.24, 2.45) is 5.92 Å². The highest BCUT2D eigenvalue weighted by Crippen LogP contribution is 2.22. The zero-order chi connectivity index (χ0) is 9.30. The Kier molecular flexibility index (Phi) is 2.27. The van der Waals surface area contributed by atoms with Gasteiger partial charge in [-0.15, -0.1) is 0 Å². The molecule has 0 fully saturated rings. The molecular weight excluding hydrogens is 152 g/mol. The highest BCUT2D eigenvalue weighted by Gasteiger charge is 2.26. The number of ketones is 2. The minimum Gasteiger partial charge on any atom is -0.299 e. The van der Waals surface area contributed by atoms with Crippen molar-refractivity contribution in [2.75, 3.05) is 0 Å². The molecule has 0 aliphatic heterocycles. The number of carbonyl (C=O) groups is 2. The number of hydrogen-bond donors (Lipinski definition) is 0. The maximum atomic E-state index is 11.2. The first-order chi connectivity index (χ1) is 5.54. The third kappa shape index (κ3) is 1.37. The molecular formula is C10H12O2. The van der Waals surface area contributed by atoms with Crippen LogP contribution in [-0.4, -0.2) is 11.6 Å². The topological polar surface area (TPSA) is 34.1 Å². The Hall–Kier alpha value is -1.18. The Labute approximate surface area is 72.0 Å². The molecule has 12 heavy (non-hydrogen) atoms. The molecule has 1 aliphatic rings. The predicted octanol–water partition coefficient (Wildman–Crippen LogP) is 1.67. The molecule has 0 saturated heterocycles. The van der Waals surface area contributed by atoms with Crippen LogP contribution in [-0.2, 0) is 9.59 Å². The van der Waals surface area contributed by atoms with Gasteiger partial charge in [-0.2, -0.15) is 0 Å². The highest BCUT2D eigenvalue weighted by atomic mass is 16.1. The summed E-state index contributed by atoms with van der Waals surface area (Å²) in [6, 6.07) is 0. The van der Waals surface area contributed by atoms with Crippen molar-refractivity contribution in [2.45, 2.75) is 20.8 Å². The Morgan fingerprint density at radius 1 is 1.33 bits per heavy atom. The van der Waals surface area contributed by atoms with Crippen LogP contribution in [0, 0.1) is 5.92 Å². The molecule has 64 valence electrons. The number of hydrogen-bond acceptors (Lipinski definition) is 2. The first-order valence-corrected chi connectivity index (χ1v) is 3.93. The summed E-state index contributed by atoms with van der Waals surface area (Å²) in [6.07, 6.45) is 3.24. The van der Waals surface area contributed by atoms with Crippen LogP contribution >= 0.6 is 0 Å².